The van der Waals surface area contributed by atoms with Crippen molar-refractivity contribution in [2.24, 2.45) is 0 Å². The monoisotopic (exact) mass is 316 g/mol. The van der Waals surface area contributed by atoms with Crippen LogP contribution in [0, 0.1) is 0 Å². The molecule has 2 rings (SSSR count). The molecule has 1 aliphatic rings. The van der Waals surface area contributed by atoms with E-state index in [0.29, 0.717) is 6.54 Å². The van der Waals surface area contributed by atoms with Crippen LogP contribution in [0.4, 0.5) is 0 Å². The van der Waals surface area contributed by atoms with Crippen LogP contribution < -0.4 is 4.72 Å². The number of aliphatic carboxylic acids is 1. The van der Waals surface area contributed by atoms with Gasteiger partial charge >= 0.3 is 5.97 Å². The van der Waals surface area contributed by atoms with Gasteiger partial charge < -0.3 is 10.0 Å². The fourth-order valence-electron chi connectivity index (χ4n) is 2.39. The molecule has 0 amide bonds. The highest BCUT2D eigenvalue weighted by Gasteiger charge is 2.39. The molecule has 2 N–H and O–H groups in total. The van der Waals surface area contributed by atoms with Crippen LogP contribution in [0.2, 0.25) is 0 Å². The first-order valence-electron chi connectivity index (χ1n) is 6.67. The Morgan fingerprint density at radius 2 is 2.19 bits per heavy atom. The average Bonchev–Trinajstić information content (AvgIpc) is 2.75. The summed E-state index contributed by atoms with van der Waals surface area (Å²) in [4.78, 5) is 12.6. The summed E-state index contributed by atoms with van der Waals surface area (Å²) in [7, 11) is 0.215. The van der Waals surface area contributed by atoms with Crippen LogP contribution in [0.1, 0.15) is 19.3 Å². The van der Waals surface area contributed by atoms with Crippen molar-refractivity contribution in [3.8, 4) is 0 Å². The standard InChI is InChI=1S/C12H20N4O4S/c1-15(2)12(4-3-5-12)9-14-21(19,20)10-6-13-16(7-10)8-11(17)18/h6-7,14H,3-5,8-9H2,1-2H3,(H,17,18). The van der Waals surface area contributed by atoms with Gasteiger partial charge in [-0.1, -0.05) is 0 Å². The summed E-state index contributed by atoms with van der Waals surface area (Å²) in [5.74, 6) is -1.07. The minimum Gasteiger partial charge on any atom is -0.480 e. The number of sulfonamides is 1. The van der Waals surface area contributed by atoms with E-state index in [0.717, 1.165) is 30.1 Å². The van der Waals surface area contributed by atoms with Crippen LogP contribution in [0.5, 0.6) is 0 Å². The number of rotatable bonds is 7. The van der Waals surface area contributed by atoms with Crippen LogP contribution in [-0.2, 0) is 21.4 Å². The molecule has 1 aliphatic carbocycles. The zero-order valence-electron chi connectivity index (χ0n) is 12.1. The molecule has 1 heterocycles. The van der Waals surface area contributed by atoms with Crippen LogP contribution in [0.15, 0.2) is 17.3 Å². The van der Waals surface area contributed by atoms with Crippen molar-refractivity contribution >= 4 is 16.0 Å². The van der Waals surface area contributed by atoms with E-state index in [9.17, 15) is 13.2 Å². The Kier molecular flexibility index (Phi) is 4.35. The van der Waals surface area contributed by atoms with Gasteiger partial charge in [0, 0.05) is 18.3 Å². The Hall–Kier alpha value is -1.45. The van der Waals surface area contributed by atoms with Crippen LogP contribution >= 0.6 is 0 Å². The third kappa shape index (κ3) is 3.42. The summed E-state index contributed by atoms with van der Waals surface area (Å²) in [5.41, 5.74) is -0.121. The zero-order chi connectivity index (χ0) is 15.7. The number of carboxylic acids is 1. The highest BCUT2D eigenvalue weighted by atomic mass is 32.2. The van der Waals surface area contributed by atoms with E-state index in [1.165, 1.54) is 6.20 Å². The highest BCUT2D eigenvalue weighted by molar-refractivity contribution is 7.89. The minimum absolute atomic E-state index is 0.0167. The molecule has 9 heteroatoms. The molecule has 0 saturated heterocycles. The number of carbonyl (C=O) groups is 1. The quantitative estimate of drug-likeness (QED) is 0.717. The molecule has 1 saturated carbocycles. The van der Waals surface area contributed by atoms with Gasteiger partial charge in [0.15, 0.2) is 0 Å². The molecule has 118 valence electrons. The molecule has 21 heavy (non-hydrogen) atoms. The van der Waals surface area contributed by atoms with Crippen LogP contribution in [0.3, 0.4) is 0 Å². The molecule has 0 atom stereocenters. The van der Waals surface area contributed by atoms with Gasteiger partial charge in [-0.2, -0.15) is 5.10 Å². The summed E-state index contributed by atoms with van der Waals surface area (Å²) in [5, 5.41) is 12.4. The van der Waals surface area contributed by atoms with Gasteiger partial charge in [0.2, 0.25) is 10.0 Å². The van der Waals surface area contributed by atoms with Crippen molar-refractivity contribution in [3.05, 3.63) is 12.4 Å². The molecule has 0 unspecified atom stereocenters. The number of aromatic nitrogens is 2. The first kappa shape index (κ1) is 15.9. The van der Waals surface area contributed by atoms with E-state index < -0.39 is 16.0 Å². The predicted octanol–water partition coefficient (Wildman–Crippen LogP) is -0.270. The largest absolute Gasteiger partial charge is 0.480 e. The summed E-state index contributed by atoms with van der Waals surface area (Å²) >= 11 is 0. The smallest absolute Gasteiger partial charge is 0.325 e. The lowest BCUT2D eigenvalue weighted by molar-refractivity contribution is -0.137. The minimum atomic E-state index is -3.67. The topological polar surface area (TPSA) is 105 Å². The SMILES string of the molecule is CN(C)C1(CNS(=O)(=O)c2cnn(CC(=O)O)c2)CCC1. The van der Waals surface area contributed by atoms with Gasteiger partial charge in [0.05, 0.1) is 6.20 Å². The third-order valence-corrected chi connectivity index (χ3v) is 5.40. The Balaban J connectivity index is 2.05. The molecule has 1 aromatic rings. The second-order valence-electron chi connectivity index (χ2n) is 5.56. The second kappa shape index (κ2) is 5.74. The number of likely N-dealkylation sites (N-methyl/N-ethyl adjacent to an activating group) is 1. The highest BCUT2D eigenvalue weighted by Crippen LogP contribution is 2.35. The Bertz CT molecular complexity index is 619. The van der Waals surface area contributed by atoms with E-state index >= 15 is 0 Å². The summed E-state index contributed by atoms with van der Waals surface area (Å²) in [6.45, 7) is -0.0242. The number of nitrogens with one attached hydrogen (secondary N) is 1. The predicted molar refractivity (Wildman–Crippen MR) is 75.3 cm³/mol. The number of carboxylic acid groups (broad SMARTS) is 1. The van der Waals surface area contributed by atoms with Crippen LogP contribution in [-0.4, -0.2) is 60.4 Å². The molecule has 0 radical (unpaired) electrons. The van der Waals surface area contributed by atoms with Crippen molar-refractivity contribution in [2.75, 3.05) is 20.6 Å². The van der Waals surface area contributed by atoms with Crippen molar-refractivity contribution in [1.29, 1.82) is 0 Å². The van der Waals surface area contributed by atoms with E-state index in [-0.39, 0.29) is 17.0 Å². The van der Waals surface area contributed by atoms with Gasteiger partial charge in [0.25, 0.3) is 0 Å². The van der Waals surface area contributed by atoms with Crippen molar-refractivity contribution in [1.82, 2.24) is 19.4 Å². The maximum atomic E-state index is 12.2. The Labute approximate surface area is 123 Å². The summed E-state index contributed by atoms with van der Waals surface area (Å²) < 4.78 is 28.1. The maximum Gasteiger partial charge on any atom is 0.325 e. The van der Waals surface area contributed by atoms with E-state index in [2.05, 4.69) is 9.82 Å². The third-order valence-electron chi connectivity index (χ3n) is 4.04. The molecule has 1 fully saturated rings. The molecular formula is C12H20N4O4S. The van der Waals surface area contributed by atoms with Crippen molar-refractivity contribution in [2.45, 2.75) is 36.2 Å². The fraction of sp³-hybridized carbons (Fsp3) is 0.667. The maximum absolute atomic E-state index is 12.2. The normalized spacial score (nSPS) is 17.7. The Morgan fingerprint density at radius 1 is 1.52 bits per heavy atom. The molecular weight excluding hydrogens is 296 g/mol. The van der Waals surface area contributed by atoms with Crippen LogP contribution in [0.25, 0.3) is 0 Å². The molecule has 0 aromatic carbocycles. The first-order chi connectivity index (χ1) is 9.75. The summed E-state index contributed by atoms with van der Waals surface area (Å²) in [6, 6.07) is 0. The lowest BCUT2D eigenvalue weighted by Crippen LogP contribution is -2.57. The average molecular weight is 316 g/mol. The van der Waals surface area contributed by atoms with Gasteiger partial charge in [-0.05, 0) is 33.4 Å². The zero-order valence-corrected chi connectivity index (χ0v) is 12.9. The molecule has 1 aromatic heterocycles. The lowest BCUT2D eigenvalue weighted by atomic mass is 9.76. The van der Waals surface area contributed by atoms with Gasteiger partial charge in [-0.25, -0.2) is 13.1 Å². The molecule has 8 nitrogen and oxygen atoms in total. The fourth-order valence-corrected chi connectivity index (χ4v) is 3.46. The summed E-state index contributed by atoms with van der Waals surface area (Å²) in [6.07, 6.45) is 5.39. The number of hydrogen-bond donors (Lipinski definition) is 2. The first-order valence-corrected chi connectivity index (χ1v) is 8.15. The van der Waals surface area contributed by atoms with E-state index in [4.69, 9.17) is 5.11 Å². The number of nitrogens with zero attached hydrogens (tertiary/aromatic N) is 3. The lowest BCUT2D eigenvalue weighted by Gasteiger charge is -2.47. The van der Waals surface area contributed by atoms with Gasteiger partial charge in [-0.15, -0.1) is 0 Å². The van der Waals surface area contributed by atoms with Gasteiger partial charge in [0.1, 0.15) is 11.4 Å². The van der Waals surface area contributed by atoms with Crippen molar-refractivity contribution in [3.63, 3.8) is 0 Å². The molecule has 0 spiro atoms. The van der Waals surface area contributed by atoms with E-state index in [1.807, 2.05) is 19.0 Å². The molecule has 0 bridgehead atoms. The van der Waals surface area contributed by atoms with Crippen molar-refractivity contribution < 1.29 is 18.3 Å². The van der Waals surface area contributed by atoms with Gasteiger partial charge in [-0.3, -0.25) is 9.48 Å². The van der Waals surface area contributed by atoms with E-state index in [1.54, 1.807) is 0 Å². The molecule has 0 aliphatic heterocycles. The Morgan fingerprint density at radius 3 is 2.67 bits per heavy atom. The number of hydrogen-bond acceptors (Lipinski definition) is 5. The second-order valence-corrected chi connectivity index (χ2v) is 7.33.